The summed E-state index contributed by atoms with van der Waals surface area (Å²) in [6.45, 7) is 1.77. The third-order valence-corrected chi connectivity index (χ3v) is 3.79. The Kier molecular flexibility index (Phi) is 3.23. The molecule has 0 aliphatic rings. The van der Waals surface area contributed by atoms with Gasteiger partial charge in [0.25, 0.3) is 5.56 Å². The number of aromatic nitrogens is 2. The highest BCUT2D eigenvalue weighted by Crippen LogP contribution is 2.17. The number of nitrogens with zero attached hydrogens (tertiary/aromatic N) is 1. The minimum absolute atomic E-state index is 0.0868. The quantitative estimate of drug-likeness (QED) is 0.806. The highest BCUT2D eigenvalue weighted by Gasteiger charge is 2.06. The highest BCUT2D eigenvalue weighted by molar-refractivity contribution is 7.17. The molecule has 20 heavy (non-hydrogen) atoms. The molecule has 3 aromatic rings. The minimum atomic E-state index is -0.322. The van der Waals surface area contributed by atoms with Gasteiger partial charge in [-0.25, -0.2) is 9.37 Å². The van der Waals surface area contributed by atoms with E-state index in [0.717, 1.165) is 0 Å². The number of hydrogen-bond acceptors (Lipinski definition) is 4. The minimum Gasteiger partial charge on any atom is -0.486 e. The highest BCUT2D eigenvalue weighted by atomic mass is 32.1. The van der Waals surface area contributed by atoms with Gasteiger partial charge in [-0.05, 0) is 30.0 Å². The molecule has 1 N–H and O–H groups in total. The van der Waals surface area contributed by atoms with Crippen LogP contribution in [0.4, 0.5) is 4.39 Å². The molecule has 0 amide bonds. The molecule has 0 aliphatic heterocycles. The lowest BCUT2D eigenvalue weighted by atomic mass is 10.2. The number of benzene rings is 1. The fourth-order valence-corrected chi connectivity index (χ4v) is 2.53. The average molecular weight is 290 g/mol. The first kappa shape index (κ1) is 12.8. The van der Waals surface area contributed by atoms with Gasteiger partial charge in [0, 0.05) is 6.07 Å². The van der Waals surface area contributed by atoms with E-state index in [-0.39, 0.29) is 18.0 Å². The van der Waals surface area contributed by atoms with Gasteiger partial charge >= 0.3 is 0 Å². The van der Waals surface area contributed by atoms with E-state index in [2.05, 4.69) is 9.97 Å². The Morgan fingerprint density at radius 3 is 3.05 bits per heavy atom. The van der Waals surface area contributed by atoms with E-state index in [0.29, 0.717) is 27.4 Å². The molecule has 0 saturated carbocycles. The van der Waals surface area contributed by atoms with Gasteiger partial charge in [0.1, 0.15) is 28.7 Å². The predicted molar refractivity (Wildman–Crippen MR) is 75.7 cm³/mol. The van der Waals surface area contributed by atoms with Crippen LogP contribution in [0.15, 0.2) is 34.4 Å². The van der Waals surface area contributed by atoms with Crippen LogP contribution in [0.3, 0.4) is 0 Å². The molecule has 0 fully saturated rings. The Labute approximate surface area is 117 Å². The van der Waals surface area contributed by atoms with Gasteiger partial charge < -0.3 is 9.72 Å². The number of rotatable bonds is 3. The van der Waals surface area contributed by atoms with E-state index in [1.807, 2.05) is 5.38 Å². The van der Waals surface area contributed by atoms with Crippen LogP contribution in [-0.4, -0.2) is 9.97 Å². The summed E-state index contributed by atoms with van der Waals surface area (Å²) in [6.07, 6.45) is 0. The lowest BCUT2D eigenvalue weighted by Crippen LogP contribution is -2.12. The van der Waals surface area contributed by atoms with E-state index in [9.17, 15) is 9.18 Å². The summed E-state index contributed by atoms with van der Waals surface area (Å²) in [6, 6.07) is 6.42. The normalized spacial score (nSPS) is 10.9. The second-order valence-electron chi connectivity index (χ2n) is 4.35. The number of halogens is 1. The number of aromatic amines is 1. The SMILES string of the molecule is Cc1ccc(OCc2nc3ccsc3c(=O)[nH]2)cc1F. The van der Waals surface area contributed by atoms with Crippen LogP contribution >= 0.6 is 11.3 Å². The Morgan fingerprint density at radius 1 is 1.40 bits per heavy atom. The van der Waals surface area contributed by atoms with Crippen molar-refractivity contribution < 1.29 is 9.13 Å². The van der Waals surface area contributed by atoms with Crippen LogP contribution in [0.5, 0.6) is 5.75 Å². The molecule has 3 rings (SSSR count). The van der Waals surface area contributed by atoms with Crippen LogP contribution in [0.1, 0.15) is 11.4 Å². The summed E-state index contributed by atoms with van der Waals surface area (Å²) >= 11 is 1.34. The standard InChI is InChI=1S/C14H11FN2O2S/c1-8-2-3-9(6-10(8)15)19-7-12-16-11-4-5-20-13(11)14(18)17-12/h2-6H,7H2,1H3,(H,16,17,18). The topological polar surface area (TPSA) is 55.0 Å². The maximum absolute atomic E-state index is 13.4. The van der Waals surface area contributed by atoms with Gasteiger partial charge in [0.2, 0.25) is 0 Å². The van der Waals surface area contributed by atoms with Crippen molar-refractivity contribution in [1.82, 2.24) is 9.97 Å². The third-order valence-electron chi connectivity index (χ3n) is 2.88. The number of thiophene rings is 1. The van der Waals surface area contributed by atoms with Crippen molar-refractivity contribution in [2.45, 2.75) is 13.5 Å². The zero-order valence-corrected chi connectivity index (χ0v) is 11.5. The number of hydrogen-bond donors (Lipinski definition) is 1. The molecule has 0 unspecified atom stereocenters. The first-order valence-corrected chi connectivity index (χ1v) is 6.87. The van der Waals surface area contributed by atoms with Crippen molar-refractivity contribution in [3.8, 4) is 5.75 Å². The molecule has 0 radical (unpaired) electrons. The number of aryl methyl sites for hydroxylation is 1. The number of fused-ring (bicyclic) bond motifs is 1. The van der Waals surface area contributed by atoms with Gasteiger partial charge in [0.05, 0.1) is 5.52 Å². The molecule has 2 heterocycles. The van der Waals surface area contributed by atoms with Crippen LogP contribution < -0.4 is 10.3 Å². The molecule has 4 nitrogen and oxygen atoms in total. The van der Waals surface area contributed by atoms with E-state index in [1.54, 1.807) is 25.1 Å². The van der Waals surface area contributed by atoms with Crippen molar-refractivity contribution in [1.29, 1.82) is 0 Å². The summed E-state index contributed by atoms with van der Waals surface area (Å²) in [4.78, 5) is 18.7. The van der Waals surface area contributed by atoms with Crippen LogP contribution in [0, 0.1) is 12.7 Å². The summed E-state index contributed by atoms with van der Waals surface area (Å²) in [7, 11) is 0. The van der Waals surface area contributed by atoms with Crippen molar-refractivity contribution >= 4 is 21.6 Å². The van der Waals surface area contributed by atoms with Crippen LogP contribution in [0.25, 0.3) is 10.2 Å². The zero-order chi connectivity index (χ0) is 14.1. The molecule has 1 aromatic carbocycles. The van der Waals surface area contributed by atoms with Gasteiger partial charge in [-0.3, -0.25) is 4.79 Å². The summed E-state index contributed by atoms with van der Waals surface area (Å²) in [5.74, 6) is 0.500. The second kappa shape index (κ2) is 5.05. The average Bonchev–Trinajstić information content (AvgIpc) is 2.89. The van der Waals surface area contributed by atoms with Gasteiger partial charge in [0.15, 0.2) is 0 Å². The number of nitrogens with one attached hydrogen (secondary N) is 1. The second-order valence-corrected chi connectivity index (χ2v) is 5.26. The molecule has 6 heteroatoms. The monoisotopic (exact) mass is 290 g/mol. The molecule has 0 bridgehead atoms. The third kappa shape index (κ3) is 2.42. The molecule has 0 aliphatic carbocycles. The molecule has 0 atom stereocenters. The largest absolute Gasteiger partial charge is 0.486 e. The Morgan fingerprint density at radius 2 is 2.25 bits per heavy atom. The Bertz CT molecular complexity index is 825. The van der Waals surface area contributed by atoms with Crippen LogP contribution in [-0.2, 0) is 6.61 Å². The summed E-state index contributed by atoms with van der Waals surface area (Å²) in [5, 5.41) is 1.81. The fraction of sp³-hybridized carbons (Fsp3) is 0.143. The Balaban J connectivity index is 1.82. The van der Waals surface area contributed by atoms with E-state index < -0.39 is 0 Å². The first-order valence-electron chi connectivity index (χ1n) is 5.99. The fourth-order valence-electron chi connectivity index (χ4n) is 1.81. The van der Waals surface area contributed by atoms with Gasteiger partial charge in [-0.2, -0.15) is 0 Å². The lowest BCUT2D eigenvalue weighted by Gasteiger charge is -2.06. The maximum Gasteiger partial charge on any atom is 0.268 e. The first-order chi connectivity index (χ1) is 9.63. The van der Waals surface area contributed by atoms with E-state index >= 15 is 0 Å². The number of H-pyrrole nitrogens is 1. The summed E-state index contributed by atoms with van der Waals surface area (Å²) in [5.41, 5.74) is 1.02. The van der Waals surface area contributed by atoms with Crippen molar-refractivity contribution in [3.05, 3.63) is 57.2 Å². The smallest absolute Gasteiger partial charge is 0.268 e. The molecule has 2 aromatic heterocycles. The van der Waals surface area contributed by atoms with Gasteiger partial charge in [-0.15, -0.1) is 11.3 Å². The van der Waals surface area contributed by atoms with E-state index in [4.69, 9.17) is 4.74 Å². The van der Waals surface area contributed by atoms with Crippen molar-refractivity contribution in [2.75, 3.05) is 0 Å². The predicted octanol–water partition coefficient (Wildman–Crippen LogP) is 3.01. The lowest BCUT2D eigenvalue weighted by molar-refractivity contribution is 0.294. The van der Waals surface area contributed by atoms with Gasteiger partial charge in [-0.1, -0.05) is 6.07 Å². The van der Waals surface area contributed by atoms with E-state index in [1.165, 1.54) is 17.4 Å². The van der Waals surface area contributed by atoms with Crippen LogP contribution in [0.2, 0.25) is 0 Å². The molecule has 0 saturated heterocycles. The molecule has 0 spiro atoms. The number of ether oxygens (including phenoxy) is 1. The summed E-state index contributed by atoms with van der Waals surface area (Å²) < 4.78 is 19.4. The molecular formula is C14H11FN2O2S. The van der Waals surface area contributed by atoms with Crippen molar-refractivity contribution in [2.24, 2.45) is 0 Å². The Hall–Kier alpha value is -2.21. The van der Waals surface area contributed by atoms with Crippen molar-refractivity contribution in [3.63, 3.8) is 0 Å². The zero-order valence-electron chi connectivity index (χ0n) is 10.6. The maximum atomic E-state index is 13.4. The molecular weight excluding hydrogens is 279 g/mol. The molecule has 102 valence electrons.